The highest BCUT2D eigenvalue weighted by molar-refractivity contribution is 7.91. The van der Waals surface area contributed by atoms with E-state index in [0.717, 1.165) is 6.54 Å². The van der Waals surface area contributed by atoms with Crippen LogP contribution in [0.2, 0.25) is 0 Å². The second kappa shape index (κ2) is 6.90. The van der Waals surface area contributed by atoms with Gasteiger partial charge in [0.15, 0.2) is 9.84 Å². The van der Waals surface area contributed by atoms with Gasteiger partial charge in [-0.2, -0.15) is 0 Å². The van der Waals surface area contributed by atoms with Gasteiger partial charge in [-0.15, -0.1) is 0 Å². The molecular formula is C16H25NO3S. The first-order chi connectivity index (χ1) is 9.93. The molecule has 1 aliphatic rings. The normalized spacial score (nSPS) is 22.6. The third-order valence-electron chi connectivity index (χ3n) is 4.17. The van der Waals surface area contributed by atoms with Crippen molar-refractivity contribution in [1.82, 2.24) is 4.90 Å². The standard InChI is InChI=1S/C16H25NO3S/c1-13(2)16-6-4-3-5-14(16)11-17-8-10-21(19,20)12-15(17)7-9-18/h3-6,13,15,18H,7-12H2,1-2H3. The molecule has 2 rings (SSSR count). The average Bonchev–Trinajstić information content (AvgIpc) is 2.42. The fourth-order valence-corrected chi connectivity index (χ4v) is 4.65. The molecule has 21 heavy (non-hydrogen) atoms. The number of hydrogen-bond donors (Lipinski definition) is 1. The van der Waals surface area contributed by atoms with Crippen LogP contribution in [0, 0.1) is 0 Å². The third kappa shape index (κ3) is 4.28. The molecule has 5 heteroatoms. The van der Waals surface area contributed by atoms with E-state index in [1.807, 2.05) is 12.1 Å². The molecule has 1 aromatic rings. The summed E-state index contributed by atoms with van der Waals surface area (Å²) >= 11 is 0. The van der Waals surface area contributed by atoms with Crippen molar-refractivity contribution >= 4 is 9.84 Å². The molecule has 0 spiro atoms. The predicted octanol–water partition coefficient (Wildman–Crippen LogP) is 1.79. The first kappa shape index (κ1) is 16.5. The molecule has 1 atom stereocenters. The zero-order valence-electron chi connectivity index (χ0n) is 12.8. The zero-order valence-corrected chi connectivity index (χ0v) is 13.6. The molecule has 0 bridgehead atoms. The van der Waals surface area contributed by atoms with Crippen molar-refractivity contribution in [2.24, 2.45) is 0 Å². The molecule has 1 fully saturated rings. The van der Waals surface area contributed by atoms with Gasteiger partial charge in [0, 0.05) is 25.7 Å². The van der Waals surface area contributed by atoms with E-state index in [0.29, 0.717) is 18.9 Å². The number of sulfone groups is 1. The number of nitrogens with zero attached hydrogens (tertiary/aromatic N) is 1. The molecule has 0 aromatic heterocycles. The summed E-state index contributed by atoms with van der Waals surface area (Å²) < 4.78 is 23.6. The van der Waals surface area contributed by atoms with Crippen LogP contribution in [0.1, 0.15) is 37.3 Å². The lowest BCUT2D eigenvalue weighted by Crippen LogP contribution is -2.48. The first-order valence-electron chi connectivity index (χ1n) is 7.56. The van der Waals surface area contributed by atoms with Crippen molar-refractivity contribution in [1.29, 1.82) is 0 Å². The summed E-state index contributed by atoms with van der Waals surface area (Å²) in [5.41, 5.74) is 2.57. The lowest BCUT2D eigenvalue weighted by atomic mass is 9.96. The number of aliphatic hydroxyl groups excluding tert-OH is 1. The highest BCUT2D eigenvalue weighted by Gasteiger charge is 2.31. The van der Waals surface area contributed by atoms with Gasteiger partial charge in [0.05, 0.1) is 11.5 Å². The number of benzene rings is 1. The Balaban J connectivity index is 2.18. The Labute approximate surface area is 127 Å². The van der Waals surface area contributed by atoms with Crippen LogP contribution in [0.25, 0.3) is 0 Å². The lowest BCUT2D eigenvalue weighted by Gasteiger charge is -2.35. The molecule has 0 radical (unpaired) electrons. The average molecular weight is 311 g/mol. The second-order valence-electron chi connectivity index (χ2n) is 6.10. The maximum atomic E-state index is 11.8. The molecule has 1 aliphatic heterocycles. The van der Waals surface area contributed by atoms with Crippen LogP contribution in [-0.2, 0) is 16.4 Å². The Morgan fingerprint density at radius 2 is 2.05 bits per heavy atom. The van der Waals surface area contributed by atoms with Gasteiger partial charge in [0.1, 0.15) is 0 Å². The largest absolute Gasteiger partial charge is 0.396 e. The highest BCUT2D eigenvalue weighted by Crippen LogP contribution is 2.23. The minimum atomic E-state index is -2.96. The van der Waals surface area contributed by atoms with Crippen LogP contribution >= 0.6 is 0 Å². The van der Waals surface area contributed by atoms with E-state index in [4.69, 9.17) is 0 Å². The van der Waals surface area contributed by atoms with Gasteiger partial charge in [-0.05, 0) is 23.5 Å². The quantitative estimate of drug-likeness (QED) is 0.901. The Bertz CT molecular complexity index is 569. The molecule has 0 saturated carbocycles. The first-order valence-corrected chi connectivity index (χ1v) is 9.38. The van der Waals surface area contributed by atoms with Gasteiger partial charge in [0.25, 0.3) is 0 Å². The number of rotatable bonds is 5. The van der Waals surface area contributed by atoms with Crippen LogP contribution in [-0.4, -0.2) is 49.1 Å². The van der Waals surface area contributed by atoms with Crippen molar-refractivity contribution in [3.8, 4) is 0 Å². The van der Waals surface area contributed by atoms with E-state index in [9.17, 15) is 13.5 Å². The zero-order chi connectivity index (χ0) is 15.5. The van der Waals surface area contributed by atoms with Gasteiger partial charge >= 0.3 is 0 Å². The van der Waals surface area contributed by atoms with E-state index >= 15 is 0 Å². The summed E-state index contributed by atoms with van der Waals surface area (Å²) in [6.07, 6.45) is 0.517. The second-order valence-corrected chi connectivity index (χ2v) is 8.33. The van der Waals surface area contributed by atoms with E-state index < -0.39 is 9.84 Å². The molecule has 4 nitrogen and oxygen atoms in total. The van der Waals surface area contributed by atoms with Gasteiger partial charge in [-0.25, -0.2) is 8.42 Å². The SMILES string of the molecule is CC(C)c1ccccc1CN1CCS(=O)(=O)CC1CCO. The lowest BCUT2D eigenvalue weighted by molar-refractivity contribution is 0.163. The molecule has 0 aliphatic carbocycles. The smallest absolute Gasteiger partial charge is 0.153 e. The van der Waals surface area contributed by atoms with Gasteiger partial charge in [-0.1, -0.05) is 38.1 Å². The Kier molecular flexibility index (Phi) is 5.41. The van der Waals surface area contributed by atoms with Gasteiger partial charge in [-0.3, -0.25) is 4.90 Å². The minimum Gasteiger partial charge on any atom is -0.396 e. The Hall–Kier alpha value is -0.910. The fraction of sp³-hybridized carbons (Fsp3) is 0.625. The molecule has 1 saturated heterocycles. The molecule has 1 heterocycles. The Morgan fingerprint density at radius 1 is 1.33 bits per heavy atom. The maximum Gasteiger partial charge on any atom is 0.153 e. The van der Waals surface area contributed by atoms with Gasteiger partial charge < -0.3 is 5.11 Å². The molecule has 1 aromatic carbocycles. The number of aliphatic hydroxyl groups is 1. The molecule has 118 valence electrons. The molecular weight excluding hydrogens is 286 g/mol. The topological polar surface area (TPSA) is 57.6 Å². The Morgan fingerprint density at radius 3 is 2.71 bits per heavy atom. The summed E-state index contributed by atoms with van der Waals surface area (Å²) in [6.45, 7) is 5.69. The predicted molar refractivity (Wildman–Crippen MR) is 85.1 cm³/mol. The van der Waals surface area contributed by atoms with Crippen LogP contribution in [0.3, 0.4) is 0 Å². The van der Waals surface area contributed by atoms with Crippen molar-refractivity contribution in [3.63, 3.8) is 0 Å². The van der Waals surface area contributed by atoms with Crippen molar-refractivity contribution in [2.45, 2.75) is 38.8 Å². The number of hydrogen-bond acceptors (Lipinski definition) is 4. The molecule has 1 unspecified atom stereocenters. The van der Waals surface area contributed by atoms with Gasteiger partial charge in [0.2, 0.25) is 0 Å². The van der Waals surface area contributed by atoms with E-state index in [1.165, 1.54) is 11.1 Å². The highest BCUT2D eigenvalue weighted by atomic mass is 32.2. The van der Waals surface area contributed by atoms with E-state index in [-0.39, 0.29) is 24.2 Å². The van der Waals surface area contributed by atoms with Crippen LogP contribution < -0.4 is 0 Å². The summed E-state index contributed by atoms with van der Waals surface area (Å²) in [7, 11) is -2.96. The summed E-state index contributed by atoms with van der Waals surface area (Å²) in [5, 5.41) is 9.19. The van der Waals surface area contributed by atoms with Crippen LogP contribution in [0.5, 0.6) is 0 Å². The summed E-state index contributed by atoms with van der Waals surface area (Å²) in [6, 6.07) is 8.26. The van der Waals surface area contributed by atoms with Crippen molar-refractivity contribution < 1.29 is 13.5 Å². The third-order valence-corrected chi connectivity index (χ3v) is 5.86. The van der Waals surface area contributed by atoms with E-state index in [1.54, 1.807) is 0 Å². The minimum absolute atomic E-state index is 0.0303. The molecule has 1 N–H and O–H groups in total. The monoisotopic (exact) mass is 311 g/mol. The fourth-order valence-electron chi connectivity index (χ4n) is 3.00. The molecule has 0 amide bonds. The van der Waals surface area contributed by atoms with Crippen molar-refractivity contribution in [3.05, 3.63) is 35.4 Å². The maximum absolute atomic E-state index is 11.8. The van der Waals surface area contributed by atoms with Crippen molar-refractivity contribution in [2.75, 3.05) is 24.7 Å². The van der Waals surface area contributed by atoms with Crippen LogP contribution in [0.4, 0.5) is 0 Å². The van der Waals surface area contributed by atoms with Crippen LogP contribution in [0.15, 0.2) is 24.3 Å². The van der Waals surface area contributed by atoms with E-state index in [2.05, 4.69) is 30.9 Å². The summed E-state index contributed by atoms with van der Waals surface area (Å²) in [5.74, 6) is 0.835. The summed E-state index contributed by atoms with van der Waals surface area (Å²) in [4.78, 5) is 2.21.